The number of benzene rings is 4. The second-order valence-corrected chi connectivity index (χ2v) is 11.7. The maximum Gasteiger partial charge on any atom is 0.350 e. The Kier molecular flexibility index (Phi) is 3.50. The zero-order chi connectivity index (χ0) is 21.3. The average molecular weight is 429 g/mol. The summed E-state index contributed by atoms with van der Waals surface area (Å²) in [5, 5.41) is 7.45. The molecule has 0 aliphatic carbocycles. The van der Waals surface area contributed by atoms with Crippen LogP contribution in [0, 0.1) is 6.92 Å². The zero-order valence-electron chi connectivity index (χ0n) is 17.6. The molecule has 2 aromatic heterocycles. The van der Waals surface area contributed by atoms with Crippen molar-refractivity contribution in [3.05, 3.63) is 109 Å². The molecule has 1 aliphatic rings. The van der Waals surface area contributed by atoms with Crippen LogP contribution in [0.2, 0.25) is 0 Å². The van der Waals surface area contributed by atoms with E-state index < -0.39 is 8.32 Å². The van der Waals surface area contributed by atoms with E-state index in [1.54, 1.807) is 0 Å². The maximum atomic E-state index is 7.12. The summed E-state index contributed by atoms with van der Waals surface area (Å²) < 4.78 is 9.36. The Morgan fingerprint density at radius 2 is 1.34 bits per heavy atom. The molecule has 0 bridgehead atoms. The van der Waals surface area contributed by atoms with E-state index in [0.717, 1.165) is 16.9 Å². The van der Waals surface area contributed by atoms with Crippen molar-refractivity contribution in [2.75, 3.05) is 0 Å². The molecule has 0 radical (unpaired) electrons. The molecule has 1 aliphatic heterocycles. The number of hydrogen-bond acceptors (Lipinski definition) is 2. The van der Waals surface area contributed by atoms with Crippen molar-refractivity contribution >= 4 is 51.2 Å². The van der Waals surface area contributed by atoms with E-state index in [1.807, 2.05) is 6.20 Å². The van der Waals surface area contributed by atoms with Crippen LogP contribution in [-0.2, 0) is 0 Å². The summed E-state index contributed by atoms with van der Waals surface area (Å²) in [5.41, 5.74) is 3.46. The van der Waals surface area contributed by atoms with E-state index in [9.17, 15) is 0 Å². The zero-order valence-corrected chi connectivity index (χ0v) is 18.6. The molecule has 3 nitrogen and oxygen atoms in total. The number of pyridine rings is 1. The molecule has 6 aromatic rings. The number of aryl methyl sites for hydroxylation is 1. The standard InChI is InChI=1S/C28H20N2OSi/c1-19-16-17-24-27-26(19)22-14-8-9-15-23(22)28-29-18-25(30(27)28)31-32(24,20-10-4-2-5-11-20)21-12-6-3-7-13-21/h2-18H,1H3. The lowest BCUT2D eigenvalue weighted by Gasteiger charge is -2.37. The van der Waals surface area contributed by atoms with Gasteiger partial charge in [-0.25, -0.2) is 4.98 Å². The van der Waals surface area contributed by atoms with Crippen LogP contribution in [0.3, 0.4) is 0 Å². The molecule has 0 saturated heterocycles. The Morgan fingerprint density at radius 3 is 2.03 bits per heavy atom. The second kappa shape index (κ2) is 6.31. The van der Waals surface area contributed by atoms with Gasteiger partial charge in [0.2, 0.25) is 5.88 Å². The molecule has 152 valence electrons. The van der Waals surface area contributed by atoms with Gasteiger partial charge in [-0.1, -0.05) is 97.1 Å². The van der Waals surface area contributed by atoms with Crippen LogP contribution >= 0.6 is 0 Å². The lowest BCUT2D eigenvalue weighted by molar-refractivity contribution is 0.544. The molecule has 0 unspecified atom stereocenters. The van der Waals surface area contributed by atoms with Gasteiger partial charge in [-0.05, 0) is 28.2 Å². The van der Waals surface area contributed by atoms with E-state index >= 15 is 0 Å². The first-order valence-electron chi connectivity index (χ1n) is 10.9. The highest BCUT2D eigenvalue weighted by atomic mass is 28.4. The molecule has 0 N–H and O–H groups in total. The Bertz CT molecular complexity index is 1620. The molecule has 4 heteroatoms. The van der Waals surface area contributed by atoms with Crippen molar-refractivity contribution in [1.29, 1.82) is 0 Å². The van der Waals surface area contributed by atoms with E-state index in [0.29, 0.717) is 0 Å². The summed E-state index contributed by atoms with van der Waals surface area (Å²) in [6.45, 7) is 2.21. The third-order valence-corrected chi connectivity index (χ3v) is 10.7. The Morgan fingerprint density at radius 1 is 0.719 bits per heavy atom. The topological polar surface area (TPSA) is 26.5 Å². The van der Waals surface area contributed by atoms with Crippen molar-refractivity contribution < 1.29 is 4.43 Å². The number of aromatic nitrogens is 2. The first kappa shape index (κ1) is 17.8. The molecule has 4 aromatic carbocycles. The minimum absolute atomic E-state index is 0.827. The molecule has 0 atom stereocenters. The summed E-state index contributed by atoms with van der Waals surface area (Å²) in [4.78, 5) is 4.84. The summed E-state index contributed by atoms with van der Waals surface area (Å²) in [5.74, 6) is 0.827. The summed E-state index contributed by atoms with van der Waals surface area (Å²) >= 11 is 0. The normalized spacial score (nSPS) is 14.3. The molecule has 0 fully saturated rings. The van der Waals surface area contributed by atoms with Crippen molar-refractivity contribution in [2.45, 2.75) is 6.92 Å². The van der Waals surface area contributed by atoms with Crippen molar-refractivity contribution in [2.24, 2.45) is 0 Å². The summed E-state index contributed by atoms with van der Waals surface area (Å²) in [6, 6.07) is 34.6. The SMILES string of the molecule is Cc1ccc2c3c1c1ccccc1c1ncc(n13)O[Si]2(c1ccccc1)c1ccccc1. The molecular weight excluding hydrogens is 408 g/mol. The molecular formula is C28H20N2OSi. The Hall–Kier alpha value is -3.89. The third kappa shape index (κ3) is 2.12. The van der Waals surface area contributed by atoms with E-state index in [-0.39, 0.29) is 0 Å². The molecule has 0 amide bonds. The first-order chi connectivity index (χ1) is 15.8. The average Bonchev–Trinajstić information content (AvgIpc) is 3.29. The predicted octanol–water partition coefficient (Wildman–Crippen LogP) is 4.31. The minimum Gasteiger partial charge on any atom is -0.517 e. The van der Waals surface area contributed by atoms with Crippen LogP contribution in [0.5, 0.6) is 5.88 Å². The van der Waals surface area contributed by atoms with Crippen molar-refractivity contribution in [3.8, 4) is 5.88 Å². The third-order valence-electron chi connectivity index (χ3n) is 6.77. The molecule has 32 heavy (non-hydrogen) atoms. The van der Waals surface area contributed by atoms with Crippen LogP contribution in [0.15, 0.2) is 103 Å². The lowest BCUT2D eigenvalue weighted by atomic mass is 10.0. The highest BCUT2D eigenvalue weighted by molar-refractivity contribution is 7.08. The molecule has 7 rings (SSSR count). The predicted molar refractivity (Wildman–Crippen MR) is 133 cm³/mol. The highest BCUT2D eigenvalue weighted by Crippen LogP contribution is 2.36. The number of nitrogens with zero attached hydrogens (tertiary/aromatic N) is 2. The van der Waals surface area contributed by atoms with Crippen molar-refractivity contribution in [1.82, 2.24) is 9.38 Å². The largest absolute Gasteiger partial charge is 0.517 e. The van der Waals surface area contributed by atoms with Gasteiger partial charge in [0.05, 0.1) is 11.7 Å². The second-order valence-electron chi connectivity index (χ2n) is 8.47. The van der Waals surface area contributed by atoms with Crippen LogP contribution in [0.4, 0.5) is 0 Å². The van der Waals surface area contributed by atoms with Crippen LogP contribution < -0.4 is 20.0 Å². The van der Waals surface area contributed by atoms with Gasteiger partial charge in [-0.3, -0.25) is 4.40 Å². The quantitative estimate of drug-likeness (QED) is 0.304. The van der Waals surface area contributed by atoms with Crippen molar-refractivity contribution in [3.63, 3.8) is 0 Å². The summed E-state index contributed by atoms with van der Waals surface area (Å²) in [6.07, 6.45) is 1.90. The Balaban J connectivity index is 1.75. The molecule has 0 saturated carbocycles. The first-order valence-corrected chi connectivity index (χ1v) is 12.8. The lowest BCUT2D eigenvalue weighted by Crippen LogP contribution is -2.73. The van der Waals surface area contributed by atoms with Gasteiger partial charge >= 0.3 is 8.32 Å². The van der Waals surface area contributed by atoms with Crippen LogP contribution in [0.1, 0.15) is 5.56 Å². The van der Waals surface area contributed by atoms with Gasteiger partial charge in [0.1, 0.15) is 5.65 Å². The summed E-state index contributed by atoms with van der Waals surface area (Å²) in [7, 11) is -2.80. The van der Waals surface area contributed by atoms with Gasteiger partial charge in [-0.2, -0.15) is 0 Å². The van der Waals surface area contributed by atoms with Gasteiger partial charge in [-0.15, -0.1) is 0 Å². The van der Waals surface area contributed by atoms with E-state index in [4.69, 9.17) is 9.41 Å². The van der Waals surface area contributed by atoms with Gasteiger partial charge in [0, 0.05) is 16.0 Å². The fourth-order valence-corrected chi connectivity index (χ4v) is 9.38. The van der Waals surface area contributed by atoms with Gasteiger partial charge in [0.15, 0.2) is 0 Å². The number of rotatable bonds is 2. The number of imidazole rings is 1. The maximum absolute atomic E-state index is 7.12. The number of hydrogen-bond donors (Lipinski definition) is 0. The monoisotopic (exact) mass is 428 g/mol. The molecule has 3 heterocycles. The fraction of sp³-hybridized carbons (Fsp3) is 0.0357. The van der Waals surface area contributed by atoms with Crippen LogP contribution in [-0.4, -0.2) is 17.7 Å². The van der Waals surface area contributed by atoms with Gasteiger partial charge in [0.25, 0.3) is 0 Å². The van der Waals surface area contributed by atoms with E-state index in [2.05, 4.69) is 108 Å². The van der Waals surface area contributed by atoms with E-state index in [1.165, 1.54) is 37.4 Å². The fourth-order valence-electron chi connectivity index (χ4n) is 5.41. The Labute approximate surface area is 186 Å². The highest BCUT2D eigenvalue weighted by Gasteiger charge is 2.48. The number of fused-ring (bicyclic) bond motifs is 3. The minimum atomic E-state index is -2.80. The smallest absolute Gasteiger partial charge is 0.350 e. The molecule has 0 spiro atoms. The van der Waals surface area contributed by atoms with Crippen LogP contribution in [0.25, 0.3) is 27.3 Å². The van der Waals surface area contributed by atoms with Gasteiger partial charge < -0.3 is 4.43 Å².